The van der Waals surface area contributed by atoms with Crippen LogP contribution in [0.1, 0.15) is 34.0 Å². The van der Waals surface area contributed by atoms with E-state index in [2.05, 4.69) is 27.2 Å². The Morgan fingerprint density at radius 3 is 2.38 bits per heavy atom. The van der Waals surface area contributed by atoms with E-state index in [-0.39, 0.29) is 11.7 Å². The standard InChI is InChI=1S/C21H16N4O/c26-19-12-16(14-7-3-1-4-8-14)11-18-17(19)13-25-21(22-18)23-20(24-25)15-9-5-2-6-10-15/h1-10,13,16H,11-12H2. The number of carbonyl (C=O) groups excluding carboxylic acids is 1. The molecular weight excluding hydrogens is 324 g/mol. The molecule has 4 aromatic rings. The molecule has 0 radical (unpaired) electrons. The van der Waals surface area contributed by atoms with Crippen molar-refractivity contribution >= 4 is 11.6 Å². The third kappa shape index (κ3) is 2.49. The molecule has 0 aliphatic heterocycles. The molecule has 5 heteroatoms. The van der Waals surface area contributed by atoms with Gasteiger partial charge in [-0.1, -0.05) is 60.7 Å². The van der Waals surface area contributed by atoms with Crippen LogP contribution < -0.4 is 0 Å². The maximum atomic E-state index is 12.7. The number of hydrogen-bond donors (Lipinski definition) is 0. The molecule has 2 aromatic heterocycles. The monoisotopic (exact) mass is 340 g/mol. The first-order valence-electron chi connectivity index (χ1n) is 8.68. The van der Waals surface area contributed by atoms with Crippen molar-refractivity contribution in [1.82, 2.24) is 19.6 Å². The van der Waals surface area contributed by atoms with Crippen LogP contribution >= 0.6 is 0 Å². The van der Waals surface area contributed by atoms with Gasteiger partial charge in [-0.25, -0.2) is 9.50 Å². The number of Topliss-reactive ketones (excluding diaryl/α,β-unsaturated/α-hetero) is 1. The fourth-order valence-electron chi connectivity index (χ4n) is 3.55. The number of ketones is 1. The molecule has 1 atom stereocenters. The number of rotatable bonds is 2. The molecule has 1 unspecified atom stereocenters. The second-order valence-electron chi connectivity index (χ2n) is 6.59. The van der Waals surface area contributed by atoms with Crippen LogP contribution in [-0.2, 0) is 6.42 Å². The van der Waals surface area contributed by atoms with Gasteiger partial charge in [-0.2, -0.15) is 4.98 Å². The lowest BCUT2D eigenvalue weighted by Gasteiger charge is -2.22. The molecule has 5 nitrogen and oxygen atoms in total. The van der Waals surface area contributed by atoms with Crippen LogP contribution in [0.3, 0.4) is 0 Å². The van der Waals surface area contributed by atoms with Crippen molar-refractivity contribution in [2.24, 2.45) is 0 Å². The Labute approximate surface area is 150 Å². The van der Waals surface area contributed by atoms with E-state index in [4.69, 9.17) is 0 Å². The van der Waals surface area contributed by atoms with Gasteiger partial charge in [0.1, 0.15) is 0 Å². The highest BCUT2D eigenvalue weighted by Gasteiger charge is 2.28. The van der Waals surface area contributed by atoms with Crippen molar-refractivity contribution < 1.29 is 4.79 Å². The van der Waals surface area contributed by atoms with Crippen LogP contribution in [0.15, 0.2) is 66.9 Å². The summed E-state index contributed by atoms with van der Waals surface area (Å²) >= 11 is 0. The number of nitrogens with zero attached hydrogens (tertiary/aromatic N) is 4. The van der Waals surface area contributed by atoms with Crippen molar-refractivity contribution in [3.63, 3.8) is 0 Å². The van der Waals surface area contributed by atoms with Gasteiger partial charge in [-0.15, -0.1) is 5.10 Å². The minimum atomic E-state index is 0.117. The van der Waals surface area contributed by atoms with Crippen LogP contribution in [0.5, 0.6) is 0 Å². The Balaban J connectivity index is 1.57. The molecule has 0 saturated carbocycles. The maximum absolute atomic E-state index is 12.7. The molecule has 2 heterocycles. The summed E-state index contributed by atoms with van der Waals surface area (Å²) in [4.78, 5) is 21.9. The van der Waals surface area contributed by atoms with Gasteiger partial charge in [-0.3, -0.25) is 4.79 Å². The number of carbonyl (C=O) groups is 1. The van der Waals surface area contributed by atoms with E-state index in [0.29, 0.717) is 23.6 Å². The predicted molar refractivity (Wildman–Crippen MR) is 98.1 cm³/mol. The van der Waals surface area contributed by atoms with Crippen molar-refractivity contribution in [1.29, 1.82) is 0 Å². The van der Waals surface area contributed by atoms with Crippen molar-refractivity contribution in [2.75, 3.05) is 0 Å². The second kappa shape index (κ2) is 5.88. The van der Waals surface area contributed by atoms with E-state index in [0.717, 1.165) is 17.7 Å². The highest BCUT2D eigenvalue weighted by molar-refractivity contribution is 5.98. The van der Waals surface area contributed by atoms with Crippen LogP contribution in [0.4, 0.5) is 0 Å². The number of fused-ring (bicyclic) bond motifs is 2. The van der Waals surface area contributed by atoms with Gasteiger partial charge in [0.15, 0.2) is 11.6 Å². The van der Waals surface area contributed by atoms with Gasteiger partial charge >= 0.3 is 0 Å². The highest BCUT2D eigenvalue weighted by Crippen LogP contribution is 2.32. The Morgan fingerprint density at radius 1 is 0.885 bits per heavy atom. The molecule has 1 aliphatic carbocycles. The molecule has 126 valence electrons. The van der Waals surface area contributed by atoms with Gasteiger partial charge < -0.3 is 0 Å². The minimum absolute atomic E-state index is 0.117. The maximum Gasteiger partial charge on any atom is 0.252 e. The largest absolute Gasteiger partial charge is 0.294 e. The zero-order chi connectivity index (χ0) is 17.5. The van der Waals surface area contributed by atoms with Crippen LogP contribution in [0.2, 0.25) is 0 Å². The third-order valence-corrected chi connectivity index (χ3v) is 4.89. The van der Waals surface area contributed by atoms with Crippen molar-refractivity contribution in [3.05, 3.63) is 83.7 Å². The molecule has 0 amide bonds. The van der Waals surface area contributed by atoms with Crippen LogP contribution in [-0.4, -0.2) is 25.4 Å². The third-order valence-electron chi connectivity index (χ3n) is 4.89. The van der Waals surface area contributed by atoms with Crippen LogP contribution in [0.25, 0.3) is 17.2 Å². The number of aromatic nitrogens is 4. The summed E-state index contributed by atoms with van der Waals surface area (Å²) in [5.74, 6) is 1.44. The summed E-state index contributed by atoms with van der Waals surface area (Å²) in [5, 5.41) is 4.49. The molecule has 0 fully saturated rings. The average Bonchev–Trinajstić information content (AvgIpc) is 3.11. The Hall–Kier alpha value is -3.34. The first-order chi connectivity index (χ1) is 12.8. The molecular formula is C21H16N4O. The lowest BCUT2D eigenvalue weighted by atomic mass is 9.82. The van der Waals surface area contributed by atoms with E-state index in [1.54, 1.807) is 10.7 Å². The molecule has 5 rings (SSSR count). The molecule has 0 bridgehead atoms. The SMILES string of the molecule is O=C1CC(c2ccccc2)Cc2nc3nc(-c4ccccc4)nn3cc21. The number of hydrogen-bond acceptors (Lipinski definition) is 4. The lowest BCUT2D eigenvalue weighted by molar-refractivity contribution is 0.0962. The first-order valence-corrected chi connectivity index (χ1v) is 8.68. The summed E-state index contributed by atoms with van der Waals surface area (Å²) < 4.78 is 1.61. The second-order valence-corrected chi connectivity index (χ2v) is 6.59. The van der Waals surface area contributed by atoms with Crippen molar-refractivity contribution in [2.45, 2.75) is 18.8 Å². The fourth-order valence-corrected chi connectivity index (χ4v) is 3.55. The molecule has 0 saturated heterocycles. The van der Waals surface area contributed by atoms with E-state index < -0.39 is 0 Å². The molecule has 2 aromatic carbocycles. The fraction of sp³-hybridized carbons (Fsp3) is 0.143. The van der Waals surface area contributed by atoms with Gasteiger partial charge in [-0.05, 0) is 17.9 Å². The summed E-state index contributed by atoms with van der Waals surface area (Å²) in [7, 11) is 0. The number of benzene rings is 2. The summed E-state index contributed by atoms with van der Waals surface area (Å²) in [6.45, 7) is 0. The summed E-state index contributed by atoms with van der Waals surface area (Å²) in [6.07, 6.45) is 3.03. The molecule has 26 heavy (non-hydrogen) atoms. The normalized spacial score (nSPS) is 16.6. The average molecular weight is 340 g/mol. The summed E-state index contributed by atoms with van der Waals surface area (Å²) in [6, 6.07) is 20.0. The zero-order valence-electron chi connectivity index (χ0n) is 14.0. The quantitative estimate of drug-likeness (QED) is 0.558. The highest BCUT2D eigenvalue weighted by atomic mass is 16.1. The van der Waals surface area contributed by atoms with Gasteiger partial charge in [0.2, 0.25) is 0 Å². The Bertz CT molecular complexity index is 1100. The summed E-state index contributed by atoms with van der Waals surface area (Å²) in [5.41, 5.74) is 3.59. The molecule has 0 N–H and O–H groups in total. The Kier molecular flexibility index (Phi) is 3.38. The van der Waals surface area contributed by atoms with E-state index in [1.165, 1.54) is 5.56 Å². The minimum Gasteiger partial charge on any atom is -0.294 e. The molecule has 1 aliphatic rings. The van der Waals surface area contributed by atoms with Crippen molar-refractivity contribution in [3.8, 4) is 11.4 Å². The lowest BCUT2D eigenvalue weighted by Crippen LogP contribution is -2.21. The van der Waals surface area contributed by atoms with E-state index >= 15 is 0 Å². The van der Waals surface area contributed by atoms with Crippen LogP contribution in [0, 0.1) is 0 Å². The van der Waals surface area contributed by atoms with Gasteiger partial charge in [0, 0.05) is 18.2 Å². The molecule has 0 spiro atoms. The van der Waals surface area contributed by atoms with Gasteiger partial charge in [0.25, 0.3) is 5.78 Å². The van der Waals surface area contributed by atoms with Gasteiger partial charge in [0.05, 0.1) is 11.3 Å². The smallest absolute Gasteiger partial charge is 0.252 e. The first kappa shape index (κ1) is 15.0. The topological polar surface area (TPSA) is 60.2 Å². The van der Waals surface area contributed by atoms with E-state index in [9.17, 15) is 4.79 Å². The van der Waals surface area contributed by atoms with E-state index in [1.807, 2.05) is 48.5 Å². The predicted octanol–water partition coefficient (Wildman–Crippen LogP) is 3.70. The zero-order valence-corrected chi connectivity index (χ0v) is 14.0. The Morgan fingerprint density at radius 2 is 1.62 bits per heavy atom.